The van der Waals surface area contributed by atoms with Crippen molar-refractivity contribution in [2.45, 2.75) is 19.9 Å². The van der Waals surface area contributed by atoms with Gasteiger partial charge in [-0.15, -0.1) is 0 Å². The van der Waals surface area contributed by atoms with Gasteiger partial charge < -0.3 is 19.9 Å². The molecule has 118 valence electrons. The fraction of sp³-hybridized carbons (Fsp3) is 0.375. The molecule has 0 bridgehead atoms. The van der Waals surface area contributed by atoms with Gasteiger partial charge in [0.15, 0.2) is 0 Å². The lowest BCUT2D eigenvalue weighted by Crippen LogP contribution is -2.11. The van der Waals surface area contributed by atoms with Crippen molar-refractivity contribution in [1.29, 1.82) is 0 Å². The molecule has 0 radical (unpaired) electrons. The molecule has 0 saturated carbocycles. The number of nitrogens with two attached hydrogens (primary N) is 1. The Morgan fingerprint density at radius 3 is 2.68 bits per heavy atom. The first-order valence-corrected chi connectivity index (χ1v) is 7.25. The Kier molecular flexibility index (Phi) is 5.97. The molecule has 0 atom stereocenters. The molecule has 1 aromatic carbocycles. The molecular weight excluding hydrogens is 280 g/mol. The third-order valence-corrected chi connectivity index (χ3v) is 3.32. The minimum atomic E-state index is 0.407. The van der Waals surface area contributed by atoms with Crippen LogP contribution in [-0.4, -0.2) is 35.5 Å². The number of oxime groups is 1. The van der Waals surface area contributed by atoms with Crippen LogP contribution < -0.4 is 10.5 Å². The SMILES string of the molecule is COc1ccc(C(CCn2ccnc2C)=NOCCN)cc1. The summed E-state index contributed by atoms with van der Waals surface area (Å²) in [7, 11) is 1.65. The van der Waals surface area contributed by atoms with Crippen molar-refractivity contribution >= 4 is 5.71 Å². The van der Waals surface area contributed by atoms with Crippen molar-refractivity contribution in [1.82, 2.24) is 9.55 Å². The maximum atomic E-state index is 5.44. The first kappa shape index (κ1) is 16.0. The van der Waals surface area contributed by atoms with Gasteiger partial charge in [0, 0.05) is 31.9 Å². The summed E-state index contributed by atoms with van der Waals surface area (Å²) >= 11 is 0. The van der Waals surface area contributed by atoms with E-state index in [2.05, 4.69) is 14.7 Å². The number of aromatic nitrogens is 2. The van der Waals surface area contributed by atoms with Gasteiger partial charge in [-0.3, -0.25) is 0 Å². The summed E-state index contributed by atoms with van der Waals surface area (Å²) in [5, 5.41) is 4.23. The molecule has 0 aliphatic heterocycles. The number of imidazole rings is 1. The number of hydrogen-bond acceptors (Lipinski definition) is 5. The predicted octanol–water partition coefficient (Wildman–Crippen LogP) is 1.97. The van der Waals surface area contributed by atoms with Crippen LogP contribution in [0.25, 0.3) is 0 Å². The highest BCUT2D eigenvalue weighted by Gasteiger charge is 2.07. The quantitative estimate of drug-likeness (QED) is 0.459. The maximum Gasteiger partial charge on any atom is 0.129 e. The molecule has 1 heterocycles. The Balaban J connectivity index is 2.11. The van der Waals surface area contributed by atoms with Crippen LogP contribution >= 0.6 is 0 Å². The van der Waals surface area contributed by atoms with Gasteiger partial charge in [-0.1, -0.05) is 5.16 Å². The van der Waals surface area contributed by atoms with Crippen molar-refractivity contribution in [3.8, 4) is 5.75 Å². The third-order valence-electron chi connectivity index (χ3n) is 3.32. The Morgan fingerprint density at radius 1 is 1.32 bits per heavy atom. The summed E-state index contributed by atoms with van der Waals surface area (Å²) < 4.78 is 7.27. The van der Waals surface area contributed by atoms with Crippen LogP contribution in [0.15, 0.2) is 41.8 Å². The van der Waals surface area contributed by atoms with Gasteiger partial charge in [0.05, 0.1) is 12.8 Å². The number of rotatable bonds is 8. The van der Waals surface area contributed by atoms with Gasteiger partial charge in [0.25, 0.3) is 0 Å². The molecule has 2 N–H and O–H groups in total. The normalized spacial score (nSPS) is 11.5. The van der Waals surface area contributed by atoms with E-state index in [1.807, 2.05) is 37.4 Å². The molecule has 0 unspecified atom stereocenters. The Labute approximate surface area is 130 Å². The van der Waals surface area contributed by atoms with Gasteiger partial charge in [0.1, 0.15) is 18.2 Å². The number of ether oxygens (including phenoxy) is 1. The van der Waals surface area contributed by atoms with Gasteiger partial charge in [0.2, 0.25) is 0 Å². The lowest BCUT2D eigenvalue weighted by atomic mass is 10.1. The molecular formula is C16H22N4O2. The van der Waals surface area contributed by atoms with E-state index in [1.54, 1.807) is 13.3 Å². The molecule has 2 rings (SSSR count). The minimum absolute atomic E-state index is 0.407. The molecule has 0 saturated heterocycles. The van der Waals surface area contributed by atoms with Crippen LogP contribution in [-0.2, 0) is 11.4 Å². The van der Waals surface area contributed by atoms with E-state index in [9.17, 15) is 0 Å². The average Bonchev–Trinajstić information content (AvgIpc) is 2.96. The zero-order valence-corrected chi connectivity index (χ0v) is 13.0. The first-order valence-electron chi connectivity index (χ1n) is 7.25. The number of hydrogen-bond donors (Lipinski definition) is 1. The van der Waals surface area contributed by atoms with Crippen molar-refractivity contribution in [2.24, 2.45) is 10.9 Å². The van der Waals surface area contributed by atoms with Gasteiger partial charge in [-0.05, 0) is 36.8 Å². The largest absolute Gasteiger partial charge is 0.497 e. The van der Waals surface area contributed by atoms with Crippen molar-refractivity contribution in [3.63, 3.8) is 0 Å². The topological polar surface area (TPSA) is 74.7 Å². The number of nitrogens with zero attached hydrogens (tertiary/aromatic N) is 3. The summed E-state index contributed by atoms with van der Waals surface area (Å²) in [4.78, 5) is 9.49. The summed E-state index contributed by atoms with van der Waals surface area (Å²) in [6.07, 6.45) is 4.50. The molecule has 6 heteroatoms. The molecule has 6 nitrogen and oxygen atoms in total. The molecule has 0 spiro atoms. The first-order chi connectivity index (χ1) is 10.7. The van der Waals surface area contributed by atoms with Gasteiger partial charge in [-0.25, -0.2) is 4.98 Å². The van der Waals surface area contributed by atoms with Crippen molar-refractivity contribution < 1.29 is 9.57 Å². The summed E-state index contributed by atoms with van der Waals surface area (Å²) in [6.45, 7) is 3.63. The van der Waals surface area contributed by atoms with Crippen molar-refractivity contribution in [2.75, 3.05) is 20.3 Å². The van der Waals surface area contributed by atoms with Crippen molar-refractivity contribution in [3.05, 3.63) is 48.0 Å². The molecule has 0 fully saturated rings. The summed E-state index contributed by atoms with van der Waals surface area (Å²) in [5.41, 5.74) is 7.33. The monoisotopic (exact) mass is 302 g/mol. The maximum absolute atomic E-state index is 5.44. The van der Waals surface area contributed by atoms with Crippen LogP contribution in [0.5, 0.6) is 5.75 Å². The molecule has 0 amide bonds. The highest BCUT2D eigenvalue weighted by atomic mass is 16.6. The smallest absolute Gasteiger partial charge is 0.129 e. The third kappa shape index (κ3) is 4.33. The second kappa shape index (κ2) is 8.19. The fourth-order valence-electron chi connectivity index (χ4n) is 2.07. The zero-order valence-electron chi connectivity index (χ0n) is 13.0. The molecule has 2 aromatic rings. The lowest BCUT2D eigenvalue weighted by molar-refractivity contribution is 0.151. The lowest BCUT2D eigenvalue weighted by Gasteiger charge is -2.09. The molecule has 0 aliphatic carbocycles. The predicted molar refractivity (Wildman–Crippen MR) is 86.1 cm³/mol. The highest BCUT2D eigenvalue weighted by Crippen LogP contribution is 2.14. The fourth-order valence-corrected chi connectivity index (χ4v) is 2.07. The molecule has 0 aliphatic rings. The van der Waals surface area contributed by atoms with E-state index in [-0.39, 0.29) is 0 Å². The van der Waals surface area contributed by atoms with E-state index in [0.29, 0.717) is 13.2 Å². The second-order valence-electron chi connectivity index (χ2n) is 4.81. The Hall–Kier alpha value is -2.34. The minimum Gasteiger partial charge on any atom is -0.497 e. The van der Waals surface area contributed by atoms with E-state index in [1.165, 1.54) is 0 Å². The van der Waals surface area contributed by atoms with Gasteiger partial charge in [-0.2, -0.15) is 0 Å². The Bertz CT molecular complexity index is 605. The van der Waals surface area contributed by atoms with Gasteiger partial charge >= 0.3 is 0 Å². The number of benzene rings is 1. The molecule has 22 heavy (non-hydrogen) atoms. The van der Waals surface area contributed by atoms with E-state index in [4.69, 9.17) is 15.3 Å². The second-order valence-corrected chi connectivity index (χ2v) is 4.81. The van der Waals surface area contributed by atoms with Crippen LogP contribution in [0.2, 0.25) is 0 Å². The van der Waals surface area contributed by atoms with Crippen LogP contribution in [0, 0.1) is 6.92 Å². The standard InChI is InChI=1S/C16H22N4O2/c1-13-18-9-11-20(13)10-7-16(19-22-12-8-17)14-3-5-15(21-2)6-4-14/h3-6,9,11H,7-8,10,12,17H2,1-2H3. The highest BCUT2D eigenvalue weighted by molar-refractivity contribution is 6.00. The number of aryl methyl sites for hydroxylation is 2. The van der Waals surface area contributed by atoms with Crippen LogP contribution in [0.4, 0.5) is 0 Å². The van der Waals surface area contributed by atoms with E-state index < -0.39 is 0 Å². The van der Waals surface area contributed by atoms with Crippen LogP contribution in [0.1, 0.15) is 17.8 Å². The zero-order chi connectivity index (χ0) is 15.8. The van der Waals surface area contributed by atoms with Crippen LogP contribution in [0.3, 0.4) is 0 Å². The van der Waals surface area contributed by atoms with E-state index >= 15 is 0 Å². The average molecular weight is 302 g/mol. The Morgan fingerprint density at radius 2 is 2.09 bits per heavy atom. The summed E-state index contributed by atoms with van der Waals surface area (Å²) in [5.74, 6) is 1.80. The number of methoxy groups -OCH3 is 1. The summed E-state index contributed by atoms with van der Waals surface area (Å²) in [6, 6.07) is 7.78. The molecule has 1 aromatic heterocycles. The van der Waals surface area contributed by atoms with E-state index in [0.717, 1.165) is 35.8 Å².